The number of nitrogens with zero attached hydrogens (tertiary/aromatic N) is 2. The normalized spacial score (nSPS) is 11.8. The molecule has 0 aliphatic rings. The molecule has 0 fully saturated rings. The monoisotopic (exact) mass is 215 g/mol. The van der Waals surface area contributed by atoms with E-state index in [-0.39, 0.29) is 5.16 Å². The van der Waals surface area contributed by atoms with E-state index < -0.39 is 15.8 Å². The standard InChI is InChI=1S/C7H6FN3O2S/c8-6-1-4-11(5-6)14(12,13)7-9-2-3-10-7/h1-5H,(H,9,10). The number of H-pyrrole nitrogens is 1. The van der Waals surface area contributed by atoms with E-state index >= 15 is 0 Å². The third-order valence-corrected chi connectivity index (χ3v) is 3.12. The van der Waals surface area contributed by atoms with Gasteiger partial charge in [0.25, 0.3) is 0 Å². The van der Waals surface area contributed by atoms with E-state index in [1.54, 1.807) is 0 Å². The van der Waals surface area contributed by atoms with Crippen LogP contribution in [0.15, 0.2) is 36.0 Å². The Bertz CT molecular complexity index is 529. The van der Waals surface area contributed by atoms with Gasteiger partial charge < -0.3 is 4.98 Å². The summed E-state index contributed by atoms with van der Waals surface area (Å²) >= 11 is 0. The third-order valence-electron chi connectivity index (χ3n) is 1.63. The van der Waals surface area contributed by atoms with E-state index in [1.165, 1.54) is 12.4 Å². The van der Waals surface area contributed by atoms with Crippen molar-refractivity contribution < 1.29 is 12.8 Å². The smallest absolute Gasteiger partial charge is 0.301 e. The summed E-state index contributed by atoms with van der Waals surface area (Å²) in [6, 6.07) is 1.06. The minimum absolute atomic E-state index is 0.215. The first-order chi connectivity index (χ1) is 6.60. The maximum Gasteiger partial charge on any atom is 0.301 e. The molecular weight excluding hydrogens is 209 g/mol. The van der Waals surface area contributed by atoms with Gasteiger partial charge in [0.05, 0.1) is 6.20 Å². The molecule has 0 bridgehead atoms. The Balaban J connectivity index is 2.54. The summed E-state index contributed by atoms with van der Waals surface area (Å²) < 4.78 is 36.6. The number of nitrogens with one attached hydrogen (secondary N) is 1. The first kappa shape index (κ1) is 8.95. The van der Waals surface area contributed by atoms with Crippen LogP contribution < -0.4 is 0 Å². The lowest BCUT2D eigenvalue weighted by Crippen LogP contribution is -2.12. The van der Waals surface area contributed by atoms with Crippen molar-refractivity contribution in [2.75, 3.05) is 0 Å². The fourth-order valence-electron chi connectivity index (χ4n) is 0.993. The van der Waals surface area contributed by atoms with Crippen LogP contribution in [-0.4, -0.2) is 22.4 Å². The van der Waals surface area contributed by atoms with Gasteiger partial charge in [-0.1, -0.05) is 0 Å². The molecule has 14 heavy (non-hydrogen) atoms. The molecule has 0 aliphatic heterocycles. The van der Waals surface area contributed by atoms with Gasteiger partial charge in [-0.3, -0.25) is 0 Å². The Morgan fingerprint density at radius 1 is 1.50 bits per heavy atom. The quantitative estimate of drug-likeness (QED) is 0.797. The molecule has 0 atom stereocenters. The molecule has 2 aromatic rings. The molecule has 74 valence electrons. The van der Waals surface area contributed by atoms with Crippen LogP contribution in [0.5, 0.6) is 0 Å². The molecule has 0 aliphatic carbocycles. The highest BCUT2D eigenvalue weighted by molar-refractivity contribution is 7.89. The average molecular weight is 215 g/mol. The van der Waals surface area contributed by atoms with E-state index in [0.29, 0.717) is 0 Å². The predicted octanol–water partition coefficient (Wildman–Crippen LogP) is 0.587. The van der Waals surface area contributed by atoms with Gasteiger partial charge in [-0.05, 0) is 6.07 Å². The predicted molar refractivity (Wildman–Crippen MR) is 45.6 cm³/mol. The van der Waals surface area contributed by atoms with Crippen LogP contribution >= 0.6 is 0 Å². The van der Waals surface area contributed by atoms with Crippen LogP contribution in [0.3, 0.4) is 0 Å². The molecule has 0 saturated carbocycles. The Morgan fingerprint density at radius 2 is 2.29 bits per heavy atom. The van der Waals surface area contributed by atoms with E-state index in [2.05, 4.69) is 9.97 Å². The number of halogens is 1. The number of imidazole rings is 1. The lowest BCUT2D eigenvalue weighted by Gasteiger charge is -2.00. The first-order valence-electron chi connectivity index (χ1n) is 3.69. The summed E-state index contributed by atoms with van der Waals surface area (Å²) in [4.78, 5) is 6.03. The molecule has 7 heteroatoms. The summed E-state index contributed by atoms with van der Waals surface area (Å²) in [5.41, 5.74) is 0. The Labute approximate surface area is 79.3 Å². The molecule has 0 unspecified atom stereocenters. The van der Waals surface area contributed by atoms with Crippen molar-refractivity contribution in [2.45, 2.75) is 5.16 Å². The molecule has 5 nitrogen and oxygen atoms in total. The number of hydrogen-bond donors (Lipinski definition) is 1. The molecule has 2 rings (SSSR count). The zero-order valence-corrected chi connectivity index (χ0v) is 7.70. The Kier molecular flexibility index (Phi) is 1.88. The van der Waals surface area contributed by atoms with Crippen molar-refractivity contribution >= 4 is 10.0 Å². The maximum absolute atomic E-state index is 12.6. The highest BCUT2D eigenvalue weighted by Crippen LogP contribution is 2.09. The number of aromatic amines is 1. The molecule has 0 saturated heterocycles. The SMILES string of the molecule is O=S(=O)(c1ncc[nH]1)n1ccc(F)c1. The molecule has 0 radical (unpaired) electrons. The largest absolute Gasteiger partial charge is 0.334 e. The minimum Gasteiger partial charge on any atom is -0.334 e. The number of rotatable bonds is 2. The number of aromatic nitrogens is 3. The zero-order chi connectivity index (χ0) is 10.2. The third kappa shape index (κ3) is 1.31. The lowest BCUT2D eigenvalue weighted by atomic mass is 10.6. The van der Waals surface area contributed by atoms with Gasteiger partial charge in [0.2, 0.25) is 5.16 Å². The van der Waals surface area contributed by atoms with Crippen molar-refractivity contribution in [3.63, 3.8) is 0 Å². The molecule has 2 aromatic heterocycles. The van der Waals surface area contributed by atoms with Gasteiger partial charge in [-0.25, -0.2) is 13.3 Å². The van der Waals surface area contributed by atoms with Crippen LogP contribution in [0.25, 0.3) is 0 Å². The molecule has 0 spiro atoms. The highest BCUT2D eigenvalue weighted by Gasteiger charge is 2.18. The first-order valence-corrected chi connectivity index (χ1v) is 5.13. The summed E-state index contributed by atoms with van der Waals surface area (Å²) in [5.74, 6) is -0.611. The fraction of sp³-hybridized carbons (Fsp3) is 0. The zero-order valence-electron chi connectivity index (χ0n) is 6.88. The average Bonchev–Trinajstić information content (AvgIpc) is 2.72. The summed E-state index contributed by atoms with van der Waals surface area (Å²) in [7, 11) is -3.76. The van der Waals surface area contributed by atoms with Gasteiger partial charge in [0, 0.05) is 18.6 Å². The van der Waals surface area contributed by atoms with Gasteiger partial charge in [0.1, 0.15) is 5.82 Å². The molecule has 0 aromatic carbocycles. The lowest BCUT2D eigenvalue weighted by molar-refractivity contribution is 0.577. The van der Waals surface area contributed by atoms with Crippen molar-refractivity contribution in [3.05, 3.63) is 36.7 Å². The van der Waals surface area contributed by atoms with Crippen LogP contribution in [-0.2, 0) is 10.0 Å². The van der Waals surface area contributed by atoms with Crippen LogP contribution in [0, 0.1) is 5.82 Å². The molecular formula is C7H6FN3O2S. The van der Waals surface area contributed by atoms with Crippen LogP contribution in [0.1, 0.15) is 0 Å². The number of hydrogen-bond acceptors (Lipinski definition) is 3. The summed E-state index contributed by atoms with van der Waals surface area (Å²) in [6.45, 7) is 0. The van der Waals surface area contributed by atoms with Gasteiger partial charge >= 0.3 is 10.0 Å². The van der Waals surface area contributed by atoms with Gasteiger partial charge in [0.15, 0.2) is 0 Å². The second-order valence-electron chi connectivity index (χ2n) is 2.56. The van der Waals surface area contributed by atoms with Crippen LogP contribution in [0.4, 0.5) is 4.39 Å². The van der Waals surface area contributed by atoms with Crippen molar-refractivity contribution in [1.82, 2.24) is 13.9 Å². The van der Waals surface area contributed by atoms with E-state index in [0.717, 1.165) is 22.4 Å². The topological polar surface area (TPSA) is 67.8 Å². The van der Waals surface area contributed by atoms with E-state index in [4.69, 9.17) is 0 Å². The Hall–Kier alpha value is -1.63. The van der Waals surface area contributed by atoms with Crippen molar-refractivity contribution in [2.24, 2.45) is 0 Å². The van der Waals surface area contributed by atoms with Crippen molar-refractivity contribution in [1.29, 1.82) is 0 Å². The van der Waals surface area contributed by atoms with Gasteiger partial charge in [-0.2, -0.15) is 8.42 Å². The molecule has 2 heterocycles. The van der Waals surface area contributed by atoms with Crippen LogP contribution in [0.2, 0.25) is 0 Å². The highest BCUT2D eigenvalue weighted by atomic mass is 32.2. The summed E-state index contributed by atoms with van der Waals surface area (Å²) in [6.07, 6.45) is 4.69. The van der Waals surface area contributed by atoms with Gasteiger partial charge in [-0.15, -0.1) is 0 Å². The minimum atomic E-state index is -3.76. The van der Waals surface area contributed by atoms with Crippen molar-refractivity contribution in [3.8, 4) is 0 Å². The van der Waals surface area contributed by atoms with E-state index in [1.807, 2.05) is 0 Å². The second-order valence-corrected chi connectivity index (χ2v) is 4.32. The maximum atomic E-state index is 12.6. The molecule has 1 N–H and O–H groups in total. The molecule has 0 amide bonds. The van der Waals surface area contributed by atoms with E-state index in [9.17, 15) is 12.8 Å². The fourth-order valence-corrected chi connectivity index (χ4v) is 2.06. The summed E-state index contributed by atoms with van der Waals surface area (Å²) in [5, 5.41) is -0.215. The Morgan fingerprint density at radius 3 is 2.79 bits per heavy atom. The second kappa shape index (κ2) is 2.95.